The van der Waals surface area contributed by atoms with Gasteiger partial charge in [-0.1, -0.05) is 51.4 Å². The molecular formula is C26H46Cl2Zr. The molecule has 5 saturated carbocycles. The molecule has 5 aliphatic carbocycles. The van der Waals surface area contributed by atoms with Gasteiger partial charge in [-0.3, -0.25) is 0 Å². The van der Waals surface area contributed by atoms with Crippen molar-refractivity contribution in [2.24, 2.45) is 47.3 Å². The summed E-state index contributed by atoms with van der Waals surface area (Å²) < 4.78 is 0. The summed E-state index contributed by atoms with van der Waals surface area (Å²) in [4.78, 5) is 0. The minimum absolute atomic E-state index is 0. The molecule has 29 heavy (non-hydrogen) atoms. The third-order valence-electron chi connectivity index (χ3n) is 9.75. The summed E-state index contributed by atoms with van der Waals surface area (Å²) in [5.41, 5.74) is 0. The summed E-state index contributed by atoms with van der Waals surface area (Å²) in [5, 5.41) is 0. The van der Waals surface area contributed by atoms with Crippen LogP contribution in [0.4, 0.5) is 0 Å². The van der Waals surface area contributed by atoms with Crippen LogP contribution in [0.3, 0.4) is 0 Å². The van der Waals surface area contributed by atoms with Crippen LogP contribution in [0.15, 0.2) is 0 Å². The van der Waals surface area contributed by atoms with E-state index >= 15 is 0 Å². The van der Waals surface area contributed by atoms with Crippen LogP contribution in [0.25, 0.3) is 0 Å². The first-order valence-corrected chi connectivity index (χ1v) is 18.6. The van der Waals surface area contributed by atoms with Crippen LogP contribution >= 0.6 is 17.0 Å². The molecule has 0 saturated heterocycles. The molecule has 0 heterocycles. The normalized spacial score (nSPS) is 43.4. The number of rotatable bonds is 2. The molecule has 0 aromatic carbocycles. The molecule has 0 radical (unpaired) electrons. The van der Waals surface area contributed by atoms with Gasteiger partial charge in [0.15, 0.2) is 0 Å². The fourth-order valence-corrected chi connectivity index (χ4v) is 8.87. The predicted molar refractivity (Wildman–Crippen MR) is 126 cm³/mol. The Morgan fingerprint density at radius 3 is 1.03 bits per heavy atom. The molecule has 5 fully saturated rings. The van der Waals surface area contributed by atoms with E-state index in [0.29, 0.717) is 0 Å². The molecule has 0 aromatic rings. The van der Waals surface area contributed by atoms with Crippen LogP contribution in [0.1, 0.15) is 103 Å². The molecule has 0 nitrogen and oxygen atoms in total. The predicted octanol–water partition coefficient (Wildman–Crippen LogP) is 9.50. The Balaban J connectivity index is 0.000000568. The maximum atomic E-state index is 4.93. The zero-order valence-electron chi connectivity index (χ0n) is 19.2. The second kappa shape index (κ2) is 13.2. The van der Waals surface area contributed by atoms with E-state index < -0.39 is 20.8 Å². The van der Waals surface area contributed by atoms with Gasteiger partial charge in [-0.15, -0.1) is 0 Å². The van der Waals surface area contributed by atoms with E-state index in [0.717, 1.165) is 47.3 Å². The monoisotopic (exact) mass is 518 g/mol. The third-order valence-corrected chi connectivity index (χ3v) is 9.75. The standard InChI is InChI=1S/C24H40.2CH3.2ClH.Zr/c1-3-9-19-17(7-1)13-15-23(19)21-11-5-6-12-22(21)24-16-14-18-8-2-4-10-20(18)24;;;;;/h17-24H,1-16H2;2*1H3;2*1H;/q;2*-1;;;+4/p-2. The molecule has 0 N–H and O–H groups in total. The Kier molecular flexibility index (Phi) is 12.2. The van der Waals surface area contributed by atoms with E-state index in [1.165, 1.54) is 0 Å². The van der Waals surface area contributed by atoms with Crippen LogP contribution in [0.2, 0.25) is 0 Å². The second-order valence-electron chi connectivity index (χ2n) is 10.6. The van der Waals surface area contributed by atoms with Gasteiger partial charge in [-0.05, 0) is 98.7 Å². The van der Waals surface area contributed by atoms with Crippen molar-refractivity contribution in [2.45, 2.75) is 103 Å². The van der Waals surface area contributed by atoms with Crippen LogP contribution in [-0.2, 0) is 20.8 Å². The van der Waals surface area contributed by atoms with E-state index in [1.54, 1.807) is 103 Å². The summed E-state index contributed by atoms with van der Waals surface area (Å²) in [6.45, 7) is 0. The van der Waals surface area contributed by atoms with E-state index in [-0.39, 0.29) is 14.9 Å². The van der Waals surface area contributed by atoms with Gasteiger partial charge in [0.1, 0.15) is 0 Å². The Bertz CT molecular complexity index is 416. The van der Waals surface area contributed by atoms with Crippen molar-refractivity contribution in [2.75, 3.05) is 0 Å². The van der Waals surface area contributed by atoms with Gasteiger partial charge < -0.3 is 14.9 Å². The topological polar surface area (TPSA) is 0 Å². The molecule has 5 rings (SSSR count). The first kappa shape index (κ1) is 26.7. The van der Waals surface area contributed by atoms with Gasteiger partial charge in [0.05, 0.1) is 0 Å². The molecule has 0 bridgehead atoms. The Morgan fingerprint density at radius 2 is 0.655 bits per heavy atom. The van der Waals surface area contributed by atoms with Crippen molar-refractivity contribution < 1.29 is 20.8 Å². The van der Waals surface area contributed by atoms with Crippen molar-refractivity contribution in [3.63, 3.8) is 0 Å². The van der Waals surface area contributed by atoms with Crippen molar-refractivity contribution in [1.82, 2.24) is 0 Å². The fraction of sp³-hybridized carbons (Fsp3) is 0.923. The maximum absolute atomic E-state index is 4.93. The Morgan fingerprint density at radius 1 is 0.379 bits per heavy atom. The number of hydrogen-bond donors (Lipinski definition) is 0. The molecule has 3 heteroatoms. The molecule has 0 amide bonds. The van der Waals surface area contributed by atoms with Gasteiger partial charge in [0, 0.05) is 0 Å². The van der Waals surface area contributed by atoms with Gasteiger partial charge >= 0.3 is 37.9 Å². The van der Waals surface area contributed by atoms with Crippen molar-refractivity contribution >= 4 is 17.0 Å². The summed E-state index contributed by atoms with van der Waals surface area (Å²) in [7, 11) is 9.87. The van der Waals surface area contributed by atoms with Crippen LogP contribution < -0.4 is 0 Å². The summed E-state index contributed by atoms with van der Waals surface area (Å²) >= 11 is -0.826. The summed E-state index contributed by atoms with van der Waals surface area (Å²) in [6, 6.07) is 0. The van der Waals surface area contributed by atoms with Crippen molar-refractivity contribution in [3.8, 4) is 0 Å². The summed E-state index contributed by atoms with van der Waals surface area (Å²) in [5.74, 6) is 9.23. The number of halogens is 2. The van der Waals surface area contributed by atoms with Gasteiger partial charge in [-0.2, -0.15) is 0 Å². The van der Waals surface area contributed by atoms with Crippen LogP contribution in [0, 0.1) is 62.2 Å². The molecule has 0 aromatic heterocycles. The molecule has 0 spiro atoms. The van der Waals surface area contributed by atoms with Crippen LogP contribution in [-0.4, -0.2) is 0 Å². The first-order valence-electron chi connectivity index (χ1n) is 12.3. The average Bonchev–Trinajstić information content (AvgIpc) is 3.33. The molecular weight excluding hydrogens is 474 g/mol. The van der Waals surface area contributed by atoms with Gasteiger partial charge in [0.25, 0.3) is 0 Å². The van der Waals surface area contributed by atoms with Crippen LogP contribution in [0.5, 0.6) is 0 Å². The van der Waals surface area contributed by atoms with E-state index in [9.17, 15) is 0 Å². The van der Waals surface area contributed by atoms with E-state index in [2.05, 4.69) is 0 Å². The minimum atomic E-state index is -0.826. The van der Waals surface area contributed by atoms with E-state index in [1.807, 2.05) is 0 Å². The SMILES string of the molecule is C1CCC2C(C1)CCC2C1CCCCC1C1CCC2CCCCC21.[CH3-].[CH3-].[Cl][Zr+2][Cl]. The second-order valence-corrected chi connectivity index (χ2v) is 14.3. The van der Waals surface area contributed by atoms with Crippen molar-refractivity contribution in [1.29, 1.82) is 0 Å². The Labute approximate surface area is 201 Å². The molecule has 8 unspecified atom stereocenters. The fourth-order valence-electron chi connectivity index (χ4n) is 8.87. The third kappa shape index (κ3) is 6.08. The molecule has 5 aliphatic rings. The summed E-state index contributed by atoms with van der Waals surface area (Å²) in [6.07, 6.45) is 25.4. The number of fused-ring (bicyclic) bond motifs is 2. The zero-order valence-corrected chi connectivity index (χ0v) is 23.2. The Hall–Kier alpha value is 1.46. The average molecular weight is 521 g/mol. The number of hydrogen-bond acceptors (Lipinski definition) is 0. The quantitative estimate of drug-likeness (QED) is 0.318. The van der Waals surface area contributed by atoms with Crippen molar-refractivity contribution in [3.05, 3.63) is 14.9 Å². The molecule has 0 aliphatic heterocycles. The van der Waals surface area contributed by atoms with E-state index in [4.69, 9.17) is 17.0 Å². The molecule has 168 valence electrons. The zero-order chi connectivity index (χ0) is 18.6. The first-order chi connectivity index (χ1) is 13.3. The van der Waals surface area contributed by atoms with Gasteiger partial charge in [-0.25, -0.2) is 0 Å². The molecule has 8 atom stereocenters. The van der Waals surface area contributed by atoms with Gasteiger partial charge in [0.2, 0.25) is 0 Å².